The summed E-state index contributed by atoms with van der Waals surface area (Å²) in [4.78, 5) is 22.3. The minimum Gasteiger partial charge on any atom is -0.485 e. The van der Waals surface area contributed by atoms with Gasteiger partial charge in [0.05, 0.1) is 5.25 Å². The molecule has 3 N–H and O–H groups in total. The predicted molar refractivity (Wildman–Crippen MR) is 82.6 cm³/mol. The van der Waals surface area contributed by atoms with Crippen molar-refractivity contribution in [2.75, 3.05) is 6.61 Å². The number of ether oxygens (including phenoxy) is 2. The summed E-state index contributed by atoms with van der Waals surface area (Å²) < 4.78 is 16.9. The molecule has 10 heteroatoms. The number of benzene rings is 1. The minimum absolute atomic E-state index is 0.180. The number of carbonyl (C=O) groups is 2. The van der Waals surface area contributed by atoms with Crippen LogP contribution in [0.15, 0.2) is 33.9 Å². The average molecular weight is 350 g/mol. The third-order valence-electron chi connectivity index (χ3n) is 3.10. The van der Waals surface area contributed by atoms with E-state index in [9.17, 15) is 9.59 Å². The van der Waals surface area contributed by atoms with Crippen molar-refractivity contribution < 1.29 is 23.5 Å². The number of carbonyl (C=O) groups excluding carboxylic acids is 2. The molecule has 0 saturated heterocycles. The van der Waals surface area contributed by atoms with E-state index in [4.69, 9.17) is 19.6 Å². The number of para-hydroxylation sites is 2. The molecule has 2 heterocycles. The number of nitrogens with two attached hydrogens (primary N) is 1. The topological polar surface area (TPSA) is 130 Å². The van der Waals surface area contributed by atoms with Crippen LogP contribution in [-0.2, 0) is 4.79 Å². The van der Waals surface area contributed by atoms with Crippen LogP contribution in [0.25, 0.3) is 0 Å². The number of urea groups is 1. The molecule has 3 amide bonds. The van der Waals surface area contributed by atoms with Crippen molar-refractivity contribution in [3.05, 3.63) is 30.2 Å². The Kier molecular flexibility index (Phi) is 4.56. The Morgan fingerprint density at radius 2 is 2.08 bits per heavy atom. The average Bonchev–Trinajstić information content (AvgIpc) is 3.02. The lowest BCUT2D eigenvalue weighted by atomic mass is 10.2. The first-order valence-electron chi connectivity index (χ1n) is 7.02. The van der Waals surface area contributed by atoms with Gasteiger partial charge in [0.2, 0.25) is 12.0 Å². The number of amides is 3. The van der Waals surface area contributed by atoms with Crippen molar-refractivity contribution in [2.45, 2.75) is 23.5 Å². The Balaban J connectivity index is 1.64. The fourth-order valence-electron chi connectivity index (χ4n) is 1.97. The number of hydrogen-bond acceptors (Lipinski definition) is 8. The van der Waals surface area contributed by atoms with E-state index in [-0.39, 0.29) is 17.7 Å². The van der Waals surface area contributed by atoms with Crippen LogP contribution in [0, 0.1) is 0 Å². The molecular weight excluding hydrogens is 336 g/mol. The van der Waals surface area contributed by atoms with Crippen molar-refractivity contribution in [3.63, 3.8) is 0 Å². The van der Waals surface area contributed by atoms with Gasteiger partial charge in [0.1, 0.15) is 6.61 Å². The molecule has 0 fully saturated rings. The number of nitrogens with one attached hydrogen (secondary N) is 1. The molecule has 0 spiro atoms. The fourth-order valence-corrected chi connectivity index (χ4v) is 2.66. The second kappa shape index (κ2) is 6.79. The molecule has 0 unspecified atom stereocenters. The molecule has 1 aromatic heterocycles. The smallest absolute Gasteiger partial charge is 0.318 e. The van der Waals surface area contributed by atoms with Crippen molar-refractivity contribution >= 4 is 23.7 Å². The van der Waals surface area contributed by atoms with E-state index in [1.54, 1.807) is 19.1 Å². The Morgan fingerprint density at radius 1 is 1.33 bits per heavy atom. The molecule has 0 saturated carbocycles. The van der Waals surface area contributed by atoms with E-state index in [1.807, 2.05) is 17.4 Å². The molecule has 0 aliphatic carbocycles. The SMILES string of the molecule is C[C@H](Sc1nnc([C@@H]2COc3ccccc3O2)o1)C(=O)NC(N)=O. The van der Waals surface area contributed by atoms with Gasteiger partial charge in [-0.3, -0.25) is 10.1 Å². The summed E-state index contributed by atoms with van der Waals surface area (Å²) in [5, 5.41) is 9.32. The summed E-state index contributed by atoms with van der Waals surface area (Å²) >= 11 is 1.01. The van der Waals surface area contributed by atoms with Crippen molar-refractivity contribution in [1.82, 2.24) is 15.5 Å². The van der Waals surface area contributed by atoms with Gasteiger partial charge in [0, 0.05) is 0 Å². The van der Waals surface area contributed by atoms with Gasteiger partial charge in [-0.25, -0.2) is 4.79 Å². The van der Waals surface area contributed by atoms with E-state index < -0.39 is 23.3 Å². The predicted octanol–water partition coefficient (Wildman–Crippen LogP) is 1.26. The Morgan fingerprint density at radius 3 is 2.83 bits per heavy atom. The van der Waals surface area contributed by atoms with Gasteiger partial charge in [-0.2, -0.15) is 0 Å². The van der Waals surface area contributed by atoms with E-state index in [2.05, 4.69) is 10.2 Å². The summed E-state index contributed by atoms with van der Waals surface area (Å²) in [5.74, 6) is 0.947. The zero-order valence-electron chi connectivity index (χ0n) is 12.6. The standard InChI is InChI=1S/C14H14N4O5S/c1-7(11(19)16-13(15)20)24-14-18-17-12(23-14)10-6-21-8-4-2-3-5-9(8)22-10/h2-5,7,10H,6H2,1H3,(H3,15,16,19,20)/t7-,10-/m0/s1. The number of nitrogens with zero attached hydrogens (tertiary/aromatic N) is 2. The number of hydrogen-bond donors (Lipinski definition) is 2. The van der Waals surface area contributed by atoms with E-state index in [0.717, 1.165) is 11.8 Å². The van der Waals surface area contributed by atoms with Crippen molar-refractivity contribution in [1.29, 1.82) is 0 Å². The monoisotopic (exact) mass is 350 g/mol. The first kappa shape index (κ1) is 16.1. The molecule has 2 atom stereocenters. The third-order valence-corrected chi connectivity index (χ3v) is 4.03. The van der Waals surface area contributed by atoms with Gasteiger partial charge < -0.3 is 19.6 Å². The van der Waals surface area contributed by atoms with Crippen LogP contribution in [0.3, 0.4) is 0 Å². The van der Waals surface area contributed by atoms with Crippen molar-refractivity contribution in [2.24, 2.45) is 5.73 Å². The number of fused-ring (bicyclic) bond motifs is 1. The maximum atomic E-state index is 11.6. The minimum atomic E-state index is -0.912. The van der Waals surface area contributed by atoms with E-state index in [1.165, 1.54) is 0 Å². The van der Waals surface area contributed by atoms with E-state index >= 15 is 0 Å². The van der Waals surface area contributed by atoms with Gasteiger partial charge in [-0.15, -0.1) is 10.2 Å². The molecule has 0 radical (unpaired) electrons. The zero-order chi connectivity index (χ0) is 17.1. The molecule has 1 aliphatic heterocycles. The van der Waals surface area contributed by atoms with Crippen LogP contribution in [0.1, 0.15) is 18.9 Å². The normalized spacial score (nSPS) is 17.1. The highest BCUT2D eigenvalue weighted by molar-refractivity contribution is 8.00. The number of thioether (sulfide) groups is 1. The van der Waals surface area contributed by atoms with Gasteiger partial charge >= 0.3 is 6.03 Å². The molecule has 1 aromatic carbocycles. The molecule has 24 heavy (non-hydrogen) atoms. The highest BCUT2D eigenvalue weighted by Crippen LogP contribution is 2.36. The Bertz CT molecular complexity index is 765. The zero-order valence-corrected chi connectivity index (χ0v) is 13.4. The highest BCUT2D eigenvalue weighted by atomic mass is 32.2. The van der Waals surface area contributed by atoms with Crippen LogP contribution in [0.5, 0.6) is 11.5 Å². The lowest BCUT2D eigenvalue weighted by Gasteiger charge is -2.23. The summed E-state index contributed by atoms with van der Waals surface area (Å²) in [6.07, 6.45) is -0.531. The summed E-state index contributed by atoms with van der Waals surface area (Å²) in [5.41, 5.74) is 4.90. The summed E-state index contributed by atoms with van der Waals surface area (Å²) in [6, 6.07) is 6.36. The molecular formula is C14H14N4O5S. The lowest BCUT2D eigenvalue weighted by Crippen LogP contribution is -2.39. The number of aromatic nitrogens is 2. The first-order chi connectivity index (χ1) is 11.5. The van der Waals surface area contributed by atoms with Gasteiger partial charge in [0.25, 0.3) is 11.1 Å². The van der Waals surface area contributed by atoms with Crippen LogP contribution in [0.2, 0.25) is 0 Å². The molecule has 9 nitrogen and oxygen atoms in total. The third kappa shape index (κ3) is 3.59. The van der Waals surface area contributed by atoms with Gasteiger partial charge in [-0.05, 0) is 19.1 Å². The molecule has 3 rings (SSSR count). The highest BCUT2D eigenvalue weighted by Gasteiger charge is 2.28. The fraction of sp³-hybridized carbons (Fsp3) is 0.286. The Labute approximate surface area is 140 Å². The van der Waals surface area contributed by atoms with E-state index in [0.29, 0.717) is 11.5 Å². The molecule has 2 aromatic rings. The summed E-state index contributed by atoms with van der Waals surface area (Å²) in [6.45, 7) is 1.82. The van der Waals surface area contributed by atoms with Crippen LogP contribution in [-0.4, -0.2) is 34.0 Å². The second-order valence-electron chi connectivity index (χ2n) is 4.88. The number of rotatable bonds is 4. The quantitative estimate of drug-likeness (QED) is 0.788. The molecule has 1 aliphatic rings. The second-order valence-corrected chi connectivity index (χ2v) is 6.18. The lowest BCUT2D eigenvalue weighted by molar-refractivity contribution is -0.119. The maximum Gasteiger partial charge on any atom is 0.318 e. The largest absolute Gasteiger partial charge is 0.485 e. The maximum absolute atomic E-state index is 11.6. The van der Waals surface area contributed by atoms with Gasteiger partial charge in [-0.1, -0.05) is 23.9 Å². The molecule has 126 valence electrons. The number of primary amides is 1. The summed E-state index contributed by atoms with van der Waals surface area (Å²) in [7, 11) is 0. The van der Waals surface area contributed by atoms with Crippen LogP contribution >= 0.6 is 11.8 Å². The van der Waals surface area contributed by atoms with Crippen LogP contribution < -0.4 is 20.5 Å². The Hall–Kier alpha value is -2.75. The first-order valence-corrected chi connectivity index (χ1v) is 7.89. The van der Waals surface area contributed by atoms with Crippen LogP contribution in [0.4, 0.5) is 4.79 Å². The molecule has 0 bridgehead atoms. The van der Waals surface area contributed by atoms with Crippen molar-refractivity contribution in [3.8, 4) is 11.5 Å². The number of imide groups is 1. The van der Waals surface area contributed by atoms with Gasteiger partial charge in [0.15, 0.2) is 11.5 Å².